The van der Waals surface area contributed by atoms with Gasteiger partial charge in [0.1, 0.15) is 11.4 Å². The van der Waals surface area contributed by atoms with Gasteiger partial charge in [-0.25, -0.2) is 4.98 Å². The van der Waals surface area contributed by atoms with Gasteiger partial charge in [0, 0.05) is 16.8 Å². The molecule has 0 bridgehead atoms. The maximum absolute atomic E-state index is 9.83. The first kappa shape index (κ1) is 18.8. The van der Waals surface area contributed by atoms with Crippen molar-refractivity contribution < 1.29 is 4.74 Å². The van der Waals surface area contributed by atoms with E-state index in [-0.39, 0.29) is 0 Å². The molecule has 0 radical (unpaired) electrons. The first-order chi connectivity index (χ1) is 14.1. The molecule has 0 unspecified atom stereocenters. The Bertz CT molecular complexity index is 1250. The normalized spacial score (nSPS) is 11.4. The Balaban J connectivity index is 1.94. The molecule has 2 heterocycles. The predicted molar refractivity (Wildman–Crippen MR) is 117 cm³/mol. The van der Waals surface area contributed by atoms with Crippen molar-refractivity contribution in [1.29, 1.82) is 5.26 Å². The first-order valence-corrected chi connectivity index (χ1v) is 9.48. The number of hydrogen-bond acceptors (Lipinski definition) is 3. The van der Waals surface area contributed by atoms with Gasteiger partial charge in [-0.2, -0.15) is 5.26 Å². The monoisotopic (exact) mass is 399 g/mol. The van der Waals surface area contributed by atoms with Crippen molar-refractivity contribution >= 4 is 28.9 Å². The van der Waals surface area contributed by atoms with E-state index in [1.807, 2.05) is 84.3 Å². The number of ether oxygens (including phenoxy) is 1. The summed E-state index contributed by atoms with van der Waals surface area (Å²) in [6.45, 7) is 2.02. The number of nitriles is 1. The molecule has 2 aromatic heterocycles. The lowest BCUT2D eigenvalue weighted by atomic mass is 10.0. The molecule has 0 amide bonds. The van der Waals surface area contributed by atoms with Crippen LogP contribution in [0.4, 0.5) is 0 Å². The second kappa shape index (κ2) is 7.83. The number of benzene rings is 2. The molecule has 0 saturated heterocycles. The molecular weight excluding hydrogens is 382 g/mol. The molecule has 0 aliphatic rings. The van der Waals surface area contributed by atoms with Crippen LogP contribution in [-0.2, 0) is 0 Å². The SMILES string of the molecule is COc1ccc(C(C#N)=Cc2c(-c3ccc(Cl)cc3)nc3c(C)cccn23)cc1. The van der Waals surface area contributed by atoms with E-state index < -0.39 is 0 Å². The van der Waals surface area contributed by atoms with E-state index in [1.54, 1.807) is 7.11 Å². The topological polar surface area (TPSA) is 50.3 Å². The molecule has 4 nitrogen and oxygen atoms in total. The molecule has 0 fully saturated rings. The molecule has 4 aromatic rings. The van der Waals surface area contributed by atoms with Gasteiger partial charge in [-0.15, -0.1) is 0 Å². The molecule has 2 aromatic carbocycles. The molecule has 0 atom stereocenters. The van der Waals surface area contributed by atoms with Crippen molar-refractivity contribution in [2.45, 2.75) is 6.92 Å². The third-order valence-electron chi connectivity index (χ3n) is 4.80. The molecule has 142 valence electrons. The number of aryl methyl sites for hydroxylation is 1. The minimum atomic E-state index is 0.547. The number of nitrogens with zero attached hydrogens (tertiary/aromatic N) is 3. The summed E-state index contributed by atoms with van der Waals surface area (Å²) in [6, 6.07) is 21.3. The van der Waals surface area contributed by atoms with Crippen molar-refractivity contribution in [3.63, 3.8) is 0 Å². The molecule has 5 heteroatoms. The Morgan fingerprint density at radius 2 is 1.83 bits per heavy atom. The molecule has 29 heavy (non-hydrogen) atoms. The summed E-state index contributed by atoms with van der Waals surface area (Å²) in [5.74, 6) is 0.748. The highest BCUT2D eigenvalue weighted by atomic mass is 35.5. The zero-order valence-corrected chi connectivity index (χ0v) is 16.8. The summed E-state index contributed by atoms with van der Waals surface area (Å²) >= 11 is 6.06. The van der Waals surface area contributed by atoms with E-state index in [4.69, 9.17) is 21.3 Å². The lowest BCUT2D eigenvalue weighted by Crippen LogP contribution is -1.91. The van der Waals surface area contributed by atoms with Crippen molar-refractivity contribution in [1.82, 2.24) is 9.38 Å². The van der Waals surface area contributed by atoms with Gasteiger partial charge in [0.2, 0.25) is 0 Å². The lowest BCUT2D eigenvalue weighted by molar-refractivity contribution is 0.415. The third-order valence-corrected chi connectivity index (χ3v) is 5.05. The van der Waals surface area contributed by atoms with E-state index >= 15 is 0 Å². The Kier molecular flexibility index (Phi) is 5.07. The lowest BCUT2D eigenvalue weighted by Gasteiger charge is -2.05. The van der Waals surface area contributed by atoms with Gasteiger partial charge >= 0.3 is 0 Å². The summed E-state index contributed by atoms with van der Waals surface area (Å²) in [5.41, 5.74) is 5.87. The molecule has 0 spiro atoms. The van der Waals surface area contributed by atoms with Crippen LogP contribution in [-0.4, -0.2) is 16.5 Å². The fourth-order valence-electron chi connectivity index (χ4n) is 3.27. The first-order valence-electron chi connectivity index (χ1n) is 9.10. The number of rotatable bonds is 4. The fourth-order valence-corrected chi connectivity index (χ4v) is 3.39. The zero-order chi connectivity index (χ0) is 20.4. The summed E-state index contributed by atoms with van der Waals surface area (Å²) in [6.07, 6.45) is 3.84. The number of allylic oxidation sites excluding steroid dienone is 1. The standard InChI is InChI=1S/C24H18ClN3O/c1-16-4-3-13-28-22(14-19(15-26)17-7-11-21(29-2)12-8-17)23(27-24(16)28)18-5-9-20(25)10-6-18/h3-14H,1-2H3. The molecule has 0 N–H and O–H groups in total. The van der Waals surface area contributed by atoms with Crippen molar-refractivity contribution in [3.05, 3.63) is 88.7 Å². The van der Waals surface area contributed by atoms with Gasteiger partial charge in [0.15, 0.2) is 0 Å². The Labute approximate surface area is 174 Å². The van der Waals surface area contributed by atoms with E-state index in [9.17, 15) is 5.26 Å². The zero-order valence-electron chi connectivity index (χ0n) is 16.1. The summed E-state index contributed by atoms with van der Waals surface area (Å²) in [4.78, 5) is 4.87. The molecule has 0 saturated carbocycles. The van der Waals surface area contributed by atoms with Crippen LogP contribution in [0, 0.1) is 18.3 Å². The Morgan fingerprint density at radius 1 is 1.10 bits per heavy atom. The summed E-state index contributed by atoms with van der Waals surface area (Å²) in [7, 11) is 1.62. The summed E-state index contributed by atoms with van der Waals surface area (Å²) in [5, 5.41) is 10.5. The molecule has 4 rings (SSSR count). The van der Waals surface area contributed by atoms with Gasteiger partial charge in [0.25, 0.3) is 0 Å². The maximum atomic E-state index is 9.83. The molecule has 0 aliphatic heterocycles. The molecule has 0 aliphatic carbocycles. The number of methoxy groups -OCH3 is 1. The number of imidazole rings is 1. The molecular formula is C24H18ClN3O. The minimum Gasteiger partial charge on any atom is -0.497 e. The van der Waals surface area contributed by atoms with Crippen LogP contribution in [0.3, 0.4) is 0 Å². The van der Waals surface area contributed by atoms with Crippen LogP contribution in [0.2, 0.25) is 5.02 Å². The van der Waals surface area contributed by atoms with Crippen LogP contribution in [0.5, 0.6) is 5.75 Å². The Morgan fingerprint density at radius 3 is 2.48 bits per heavy atom. The predicted octanol–water partition coefficient (Wildman–Crippen LogP) is 6.04. The maximum Gasteiger partial charge on any atom is 0.140 e. The second-order valence-corrected chi connectivity index (χ2v) is 7.07. The van der Waals surface area contributed by atoms with Crippen LogP contribution in [0.25, 0.3) is 28.6 Å². The van der Waals surface area contributed by atoms with Crippen LogP contribution in [0.15, 0.2) is 66.9 Å². The highest BCUT2D eigenvalue weighted by Crippen LogP contribution is 2.30. The van der Waals surface area contributed by atoms with Gasteiger partial charge in [-0.1, -0.05) is 29.8 Å². The van der Waals surface area contributed by atoms with Crippen LogP contribution in [0.1, 0.15) is 16.8 Å². The number of pyridine rings is 1. The van der Waals surface area contributed by atoms with Crippen molar-refractivity contribution in [2.24, 2.45) is 0 Å². The largest absolute Gasteiger partial charge is 0.497 e. The number of fused-ring (bicyclic) bond motifs is 1. The second-order valence-electron chi connectivity index (χ2n) is 6.64. The Hall–Kier alpha value is -3.55. The van der Waals surface area contributed by atoms with Gasteiger partial charge in [-0.05, 0) is 66.6 Å². The van der Waals surface area contributed by atoms with Crippen LogP contribution >= 0.6 is 11.6 Å². The number of halogens is 1. The summed E-state index contributed by atoms with van der Waals surface area (Å²) < 4.78 is 7.23. The highest BCUT2D eigenvalue weighted by Gasteiger charge is 2.15. The third kappa shape index (κ3) is 3.61. The minimum absolute atomic E-state index is 0.547. The fraction of sp³-hybridized carbons (Fsp3) is 0.0833. The van der Waals surface area contributed by atoms with E-state index in [1.165, 1.54) is 0 Å². The number of hydrogen-bond donors (Lipinski definition) is 0. The van der Waals surface area contributed by atoms with Gasteiger partial charge in [0.05, 0.1) is 30.1 Å². The van der Waals surface area contributed by atoms with Crippen molar-refractivity contribution in [2.75, 3.05) is 7.11 Å². The van der Waals surface area contributed by atoms with Crippen molar-refractivity contribution in [3.8, 4) is 23.1 Å². The van der Waals surface area contributed by atoms with E-state index in [0.717, 1.165) is 39.5 Å². The van der Waals surface area contributed by atoms with Gasteiger partial charge < -0.3 is 4.74 Å². The average molecular weight is 400 g/mol. The van der Waals surface area contributed by atoms with E-state index in [2.05, 4.69) is 6.07 Å². The van der Waals surface area contributed by atoms with Gasteiger partial charge in [-0.3, -0.25) is 4.40 Å². The quantitative estimate of drug-likeness (QED) is 0.393. The average Bonchev–Trinajstić information content (AvgIpc) is 3.12. The number of aromatic nitrogens is 2. The highest BCUT2D eigenvalue weighted by molar-refractivity contribution is 6.30. The van der Waals surface area contributed by atoms with E-state index in [0.29, 0.717) is 10.6 Å². The smallest absolute Gasteiger partial charge is 0.140 e. The van der Waals surface area contributed by atoms with Crippen LogP contribution < -0.4 is 4.74 Å².